The molecule has 0 saturated heterocycles. The Bertz CT molecular complexity index is 1150. The van der Waals surface area contributed by atoms with Crippen molar-refractivity contribution in [1.82, 2.24) is 0 Å². The Labute approximate surface area is 181 Å². The average molecular weight is 446 g/mol. The minimum absolute atomic E-state index is 0.367. The molecular formula is C23H24FNO5S. The van der Waals surface area contributed by atoms with Gasteiger partial charge in [-0.05, 0) is 61.0 Å². The lowest BCUT2D eigenvalue weighted by Gasteiger charge is -2.31. The smallest absolute Gasteiger partial charge is 0.267 e. The second-order valence-electron chi connectivity index (χ2n) is 6.72. The first-order chi connectivity index (χ1) is 14.8. The number of anilines is 1. The largest absolute Gasteiger partial charge is 0.497 e. The Hall–Kier alpha value is -3.26. The number of hydrogen-bond donors (Lipinski definition) is 0. The van der Waals surface area contributed by atoms with Crippen LogP contribution in [0, 0.1) is 5.82 Å². The first-order valence-electron chi connectivity index (χ1n) is 9.48. The van der Waals surface area contributed by atoms with Gasteiger partial charge in [0.15, 0.2) is 11.5 Å². The third-order valence-corrected chi connectivity index (χ3v) is 6.87. The molecular weight excluding hydrogens is 421 g/mol. The van der Waals surface area contributed by atoms with Crippen molar-refractivity contribution in [3.63, 3.8) is 0 Å². The van der Waals surface area contributed by atoms with Crippen LogP contribution in [0.1, 0.15) is 18.5 Å². The molecule has 0 aromatic heterocycles. The molecule has 0 fully saturated rings. The molecule has 1 unspecified atom stereocenters. The van der Waals surface area contributed by atoms with Crippen molar-refractivity contribution in [3.05, 3.63) is 78.1 Å². The van der Waals surface area contributed by atoms with Crippen LogP contribution in [0.4, 0.5) is 10.1 Å². The van der Waals surface area contributed by atoms with Gasteiger partial charge in [-0.25, -0.2) is 12.8 Å². The molecule has 1 atom stereocenters. The summed E-state index contributed by atoms with van der Waals surface area (Å²) in [4.78, 5) is -0.404. The van der Waals surface area contributed by atoms with Crippen LogP contribution in [0.2, 0.25) is 0 Å². The van der Waals surface area contributed by atoms with Crippen LogP contribution in [-0.2, 0) is 10.0 Å². The number of halogens is 1. The zero-order chi connectivity index (χ0) is 22.6. The van der Waals surface area contributed by atoms with E-state index in [4.69, 9.17) is 14.2 Å². The summed E-state index contributed by atoms with van der Waals surface area (Å²) in [7, 11) is 0.306. The average Bonchev–Trinajstić information content (AvgIpc) is 2.79. The summed E-state index contributed by atoms with van der Waals surface area (Å²) in [5.41, 5.74) is 1.01. The highest BCUT2D eigenvalue weighted by atomic mass is 32.2. The highest BCUT2D eigenvalue weighted by Gasteiger charge is 2.32. The monoisotopic (exact) mass is 445 g/mol. The third kappa shape index (κ3) is 4.44. The van der Waals surface area contributed by atoms with E-state index in [1.807, 2.05) is 0 Å². The zero-order valence-corrected chi connectivity index (χ0v) is 18.5. The number of sulfonamides is 1. The standard InChI is InChI=1S/C23H24FNO5S/c1-16(17-9-14-21(29-3)22(15-17)30-4)25(18-10-12-19(28-2)13-11-18)31(26,27)23-8-6-5-7-20(23)24/h5-16H,1-4H3. The number of ether oxygens (including phenoxy) is 3. The Balaban J connectivity index is 2.17. The Morgan fingerprint density at radius 3 is 2.06 bits per heavy atom. The van der Waals surface area contributed by atoms with E-state index in [1.54, 1.807) is 49.4 Å². The van der Waals surface area contributed by atoms with E-state index in [9.17, 15) is 12.8 Å². The molecule has 3 rings (SSSR count). The number of benzene rings is 3. The summed E-state index contributed by atoms with van der Waals surface area (Å²) < 4.78 is 58.7. The van der Waals surface area contributed by atoms with Gasteiger partial charge in [0.2, 0.25) is 0 Å². The van der Waals surface area contributed by atoms with Gasteiger partial charge >= 0.3 is 0 Å². The first kappa shape index (κ1) is 22.4. The van der Waals surface area contributed by atoms with Crippen LogP contribution in [0.25, 0.3) is 0 Å². The van der Waals surface area contributed by atoms with Gasteiger partial charge in [-0.3, -0.25) is 4.31 Å². The lowest BCUT2D eigenvalue weighted by Crippen LogP contribution is -2.34. The Kier molecular flexibility index (Phi) is 6.70. The molecule has 3 aromatic carbocycles. The second-order valence-corrected chi connectivity index (χ2v) is 8.50. The third-order valence-electron chi connectivity index (χ3n) is 4.94. The van der Waals surface area contributed by atoms with Crippen LogP contribution < -0.4 is 18.5 Å². The highest BCUT2D eigenvalue weighted by molar-refractivity contribution is 7.92. The number of methoxy groups -OCH3 is 3. The molecule has 0 radical (unpaired) electrons. The number of rotatable bonds is 8. The normalized spacial score (nSPS) is 12.2. The van der Waals surface area contributed by atoms with Crippen LogP contribution in [0.5, 0.6) is 17.2 Å². The molecule has 0 aliphatic rings. The van der Waals surface area contributed by atoms with E-state index in [1.165, 1.54) is 43.8 Å². The summed E-state index contributed by atoms with van der Waals surface area (Å²) in [5.74, 6) is 0.738. The molecule has 0 N–H and O–H groups in total. The molecule has 6 nitrogen and oxygen atoms in total. The van der Waals surface area contributed by atoms with Crippen molar-refractivity contribution in [2.24, 2.45) is 0 Å². The summed E-state index contributed by atoms with van der Waals surface area (Å²) in [6.45, 7) is 1.73. The zero-order valence-electron chi connectivity index (χ0n) is 17.7. The van der Waals surface area contributed by atoms with Gasteiger partial charge in [0, 0.05) is 0 Å². The lowest BCUT2D eigenvalue weighted by molar-refractivity contribution is 0.354. The first-order valence-corrected chi connectivity index (χ1v) is 10.9. The summed E-state index contributed by atoms with van der Waals surface area (Å²) in [5, 5.41) is 0. The maximum Gasteiger partial charge on any atom is 0.267 e. The van der Waals surface area contributed by atoms with Crippen molar-refractivity contribution >= 4 is 15.7 Å². The van der Waals surface area contributed by atoms with E-state index in [0.29, 0.717) is 28.5 Å². The molecule has 0 saturated carbocycles. The molecule has 0 heterocycles. The van der Waals surface area contributed by atoms with Crippen LogP contribution in [0.3, 0.4) is 0 Å². The van der Waals surface area contributed by atoms with Gasteiger partial charge in [-0.1, -0.05) is 18.2 Å². The van der Waals surface area contributed by atoms with Crippen molar-refractivity contribution in [1.29, 1.82) is 0 Å². The molecule has 164 valence electrons. The molecule has 31 heavy (non-hydrogen) atoms. The van der Waals surface area contributed by atoms with Crippen molar-refractivity contribution in [2.75, 3.05) is 25.6 Å². The van der Waals surface area contributed by atoms with Crippen molar-refractivity contribution < 1.29 is 27.0 Å². The van der Waals surface area contributed by atoms with Gasteiger partial charge in [-0.15, -0.1) is 0 Å². The molecule has 0 spiro atoms. The Morgan fingerprint density at radius 2 is 1.48 bits per heavy atom. The summed E-state index contributed by atoms with van der Waals surface area (Å²) in [6.07, 6.45) is 0. The summed E-state index contributed by atoms with van der Waals surface area (Å²) >= 11 is 0. The highest BCUT2D eigenvalue weighted by Crippen LogP contribution is 2.37. The van der Waals surface area contributed by atoms with Gasteiger partial charge < -0.3 is 14.2 Å². The van der Waals surface area contributed by atoms with E-state index in [0.717, 1.165) is 6.07 Å². The van der Waals surface area contributed by atoms with Crippen LogP contribution in [-0.4, -0.2) is 29.7 Å². The van der Waals surface area contributed by atoms with Gasteiger partial charge in [0.1, 0.15) is 16.5 Å². The quantitative estimate of drug-likeness (QED) is 0.498. The predicted molar refractivity (Wildman–Crippen MR) is 117 cm³/mol. The molecule has 0 aliphatic carbocycles. The number of nitrogens with zero attached hydrogens (tertiary/aromatic N) is 1. The maximum absolute atomic E-state index is 14.5. The SMILES string of the molecule is COc1ccc(N(C(C)c2ccc(OC)c(OC)c2)S(=O)(=O)c2ccccc2F)cc1. The van der Waals surface area contributed by atoms with Gasteiger partial charge in [-0.2, -0.15) is 0 Å². The topological polar surface area (TPSA) is 65.1 Å². The van der Waals surface area contributed by atoms with E-state index < -0.39 is 26.8 Å². The van der Waals surface area contributed by atoms with Crippen LogP contribution >= 0.6 is 0 Å². The minimum atomic E-state index is -4.24. The maximum atomic E-state index is 14.5. The molecule has 0 amide bonds. The molecule has 0 aliphatic heterocycles. The molecule has 0 bridgehead atoms. The van der Waals surface area contributed by atoms with E-state index in [2.05, 4.69) is 0 Å². The van der Waals surface area contributed by atoms with E-state index in [-0.39, 0.29) is 0 Å². The molecule has 3 aromatic rings. The van der Waals surface area contributed by atoms with Crippen molar-refractivity contribution in [2.45, 2.75) is 17.9 Å². The fraction of sp³-hybridized carbons (Fsp3) is 0.217. The minimum Gasteiger partial charge on any atom is -0.497 e. The van der Waals surface area contributed by atoms with E-state index >= 15 is 0 Å². The number of hydrogen-bond acceptors (Lipinski definition) is 5. The van der Waals surface area contributed by atoms with Crippen LogP contribution in [0.15, 0.2) is 71.6 Å². The summed E-state index contributed by atoms with van der Waals surface area (Å²) in [6, 6.07) is 16.3. The second kappa shape index (κ2) is 9.26. The fourth-order valence-electron chi connectivity index (χ4n) is 3.31. The Morgan fingerprint density at radius 1 is 0.839 bits per heavy atom. The van der Waals surface area contributed by atoms with Crippen molar-refractivity contribution in [3.8, 4) is 17.2 Å². The lowest BCUT2D eigenvalue weighted by atomic mass is 10.1. The van der Waals surface area contributed by atoms with Gasteiger partial charge in [0.05, 0.1) is 33.1 Å². The predicted octanol–water partition coefficient (Wildman–Crippen LogP) is 4.81. The van der Waals surface area contributed by atoms with Gasteiger partial charge in [0.25, 0.3) is 10.0 Å². The fourth-order valence-corrected chi connectivity index (χ4v) is 5.02. The molecule has 8 heteroatoms.